The van der Waals surface area contributed by atoms with Gasteiger partial charge in [0.05, 0.1) is 6.54 Å². The van der Waals surface area contributed by atoms with Gasteiger partial charge in [-0.15, -0.1) is 0 Å². The van der Waals surface area contributed by atoms with Crippen LogP contribution in [0.15, 0.2) is 24.3 Å². The van der Waals surface area contributed by atoms with Gasteiger partial charge in [0.15, 0.2) is 0 Å². The Labute approximate surface area is 107 Å². The van der Waals surface area contributed by atoms with Crippen LogP contribution in [-0.2, 0) is 4.79 Å². The van der Waals surface area contributed by atoms with E-state index in [4.69, 9.17) is 0 Å². The van der Waals surface area contributed by atoms with Crippen LogP contribution < -0.4 is 5.32 Å². The fourth-order valence-corrected chi connectivity index (χ4v) is 2.21. The summed E-state index contributed by atoms with van der Waals surface area (Å²) in [6, 6.07) is 7.16. The molecule has 1 aliphatic rings. The standard InChI is InChI=1S/C14H19FN2O/c1-17(2)14(18)9-16-13-7-11(8-13)10-4-3-5-12(15)6-10/h3-6,11,13,16H,7-9H2,1-2H3. The third kappa shape index (κ3) is 3.07. The van der Waals surface area contributed by atoms with Crippen LogP contribution in [-0.4, -0.2) is 37.5 Å². The zero-order chi connectivity index (χ0) is 13.1. The molecule has 0 spiro atoms. The van der Waals surface area contributed by atoms with Crippen molar-refractivity contribution in [2.45, 2.75) is 24.8 Å². The number of amides is 1. The first-order valence-electron chi connectivity index (χ1n) is 6.25. The molecule has 0 atom stereocenters. The molecule has 0 aromatic heterocycles. The molecule has 0 radical (unpaired) electrons. The van der Waals surface area contributed by atoms with Gasteiger partial charge in [-0.3, -0.25) is 4.79 Å². The summed E-state index contributed by atoms with van der Waals surface area (Å²) in [7, 11) is 3.50. The molecule has 1 amide bonds. The zero-order valence-electron chi connectivity index (χ0n) is 10.8. The van der Waals surface area contributed by atoms with Gasteiger partial charge in [0.1, 0.15) is 5.82 Å². The predicted octanol–water partition coefficient (Wildman–Crippen LogP) is 1.75. The Bertz CT molecular complexity index is 428. The van der Waals surface area contributed by atoms with Crippen molar-refractivity contribution in [2.24, 2.45) is 0 Å². The highest BCUT2D eigenvalue weighted by atomic mass is 19.1. The average molecular weight is 250 g/mol. The first kappa shape index (κ1) is 13.0. The molecular weight excluding hydrogens is 231 g/mol. The minimum atomic E-state index is -0.174. The number of likely N-dealkylation sites (N-methyl/N-ethyl adjacent to an activating group) is 1. The summed E-state index contributed by atoms with van der Waals surface area (Å²) in [5.74, 6) is 0.337. The fourth-order valence-electron chi connectivity index (χ4n) is 2.21. The van der Waals surface area contributed by atoms with Gasteiger partial charge < -0.3 is 10.2 Å². The summed E-state index contributed by atoms with van der Waals surface area (Å²) in [5.41, 5.74) is 1.06. The second-order valence-electron chi connectivity index (χ2n) is 5.09. The normalized spacial score (nSPS) is 22.4. The lowest BCUT2D eigenvalue weighted by atomic mass is 9.76. The number of hydrogen-bond acceptors (Lipinski definition) is 2. The van der Waals surface area contributed by atoms with E-state index in [0.29, 0.717) is 18.5 Å². The molecule has 1 saturated carbocycles. The van der Waals surface area contributed by atoms with Gasteiger partial charge >= 0.3 is 0 Å². The maximum Gasteiger partial charge on any atom is 0.236 e. The van der Waals surface area contributed by atoms with Crippen LogP contribution in [0.1, 0.15) is 24.3 Å². The second-order valence-corrected chi connectivity index (χ2v) is 5.09. The summed E-state index contributed by atoms with van der Waals surface area (Å²) in [5, 5.41) is 3.23. The summed E-state index contributed by atoms with van der Waals surface area (Å²) >= 11 is 0. The topological polar surface area (TPSA) is 32.3 Å². The smallest absolute Gasteiger partial charge is 0.236 e. The molecule has 0 heterocycles. The quantitative estimate of drug-likeness (QED) is 0.883. The monoisotopic (exact) mass is 250 g/mol. The lowest BCUT2D eigenvalue weighted by Crippen LogP contribution is -2.44. The van der Waals surface area contributed by atoms with Crippen LogP contribution in [0.2, 0.25) is 0 Å². The highest BCUT2D eigenvalue weighted by molar-refractivity contribution is 5.77. The first-order chi connectivity index (χ1) is 8.56. The van der Waals surface area contributed by atoms with E-state index in [1.165, 1.54) is 6.07 Å². The third-order valence-corrected chi connectivity index (χ3v) is 3.50. The van der Waals surface area contributed by atoms with Gasteiger partial charge in [-0.1, -0.05) is 12.1 Å². The van der Waals surface area contributed by atoms with Crippen LogP contribution in [0.25, 0.3) is 0 Å². The average Bonchev–Trinajstić information content (AvgIpc) is 2.26. The number of halogens is 1. The Kier molecular flexibility index (Phi) is 3.97. The maximum absolute atomic E-state index is 13.1. The van der Waals surface area contributed by atoms with Gasteiger partial charge in [-0.2, -0.15) is 0 Å². The van der Waals surface area contributed by atoms with E-state index in [2.05, 4.69) is 5.32 Å². The van der Waals surface area contributed by atoms with Gasteiger partial charge in [-0.25, -0.2) is 4.39 Å². The molecule has 4 heteroatoms. The number of nitrogens with one attached hydrogen (secondary N) is 1. The Morgan fingerprint density at radius 3 is 2.78 bits per heavy atom. The first-order valence-corrected chi connectivity index (χ1v) is 6.25. The second kappa shape index (κ2) is 5.48. The Morgan fingerprint density at radius 1 is 1.44 bits per heavy atom. The van der Waals surface area contributed by atoms with Gasteiger partial charge in [0.25, 0.3) is 0 Å². The Balaban J connectivity index is 1.76. The summed E-state index contributed by atoms with van der Waals surface area (Å²) in [4.78, 5) is 13.0. The minimum Gasteiger partial charge on any atom is -0.348 e. The van der Waals surface area contributed by atoms with Crippen LogP contribution in [0.4, 0.5) is 4.39 Å². The van der Waals surface area contributed by atoms with Crippen molar-refractivity contribution in [1.82, 2.24) is 10.2 Å². The van der Waals surface area contributed by atoms with Crippen LogP contribution in [0, 0.1) is 5.82 Å². The fraction of sp³-hybridized carbons (Fsp3) is 0.500. The molecule has 1 fully saturated rings. The zero-order valence-corrected chi connectivity index (χ0v) is 10.8. The van der Waals surface area contributed by atoms with E-state index in [1.807, 2.05) is 6.07 Å². The van der Waals surface area contributed by atoms with Gasteiger partial charge in [0.2, 0.25) is 5.91 Å². The third-order valence-electron chi connectivity index (χ3n) is 3.50. The van der Waals surface area contributed by atoms with Gasteiger partial charge in [0, 0.05) is 20.1 Å². The summed E-state index contributed by atoms with van der Waals surface area (Å²) in [6.45, 7) is 0.382. The van der Waals surface area contributed by atoms with Crippen molar-refractivity contribution < 1.29 is 9.18 Å². The van der Waals surface area contributed by atoms with E-state index < -0.39 is 0 Å². The van der Waals surface area contributed by atoms with E-state index >= 15 is 0 Å². The SMILES string of the molecule is CN(C)C(=O)CNC1CC(c2cccc(F)c2)C1. The van der Waals surface area contributed by atoms with E-state index in [9.17, 15) is 9.18 Å². The molecule has 0 saturated heterocycles. The number of benzene rings is 1. The molecule has 1 aromatic rings. The van der Waals surface area contributed by atoms with Crippen LogP contribution >= 0.6 is 0 Å². The maximum atomic E-state index is 13.1. The molecule has 0 bridgehead atoms. The number of hydrogen-bond donors (Lipinski definition) is 1. The highest BCUT2D eigenvalue weighted by Gasteiger charge is 2.30. The van der Waals surface area contributed by atoms with Crippen LogP contribution in [0.5, 0.6) is 0 Å². The van der Waals surface area contributed by atoms with Crippen molar-refractivity contribution in [3.05, 3.63) is 35.6 Å². The molecule has 2 rings (SSSR count). The van der Waals surface area contributed by atoms with Crippen molar-refractivity contribution in [1.29, 1.82) is 0 Å². The molecule has 1 aromatic carbocycles. The van der Waals surface area contributed by atoms with E-state index in [0.717, 1.165) is 18.4 Å². The predicted molar refractivity (Wildman–Crippen MR) is 68.9 cm³/mol. The Hall–Kier alpha value is -1.42. The lowest BCUT2D eigenvalue weighted by Gasteiger charge is -2.36. The van der Waals surface area contributed by atoms with Crippen molar-refractivity contribution in [3.8, 4) is 0 Å². The molecular formula is C14H19FN2O. The molecule has 18 heavy (non-hydrogen) atoms. The van der Waals surface area contributed by atoms with E-state index in [-0.39, 0.29) is 11.7 Å². The minimum absolute atomic E-state index is 0.0872. The summed E-state index contributed by atoms with van der Waals surface area (Å²) in [6.07, 6.45) is 1.95. The lowest BCUT2D eigenvalue weighted by molar-refractivity contribution is -0.128. The van der Waals surface area contributed by atoms with Crippen molar-refractivity contribution in [3.63, 3.8) is 0 Å². The largest absolute Gasteiger partial charge is 0.348 e. The molecule has 0 unspecified atom stereocenters. The Morgan fingerprint density at radius 2 is 2.17 bits per heavy atom. The van der Waals surface area contributed by atoms with Gasteiger partial charge in [-0.05, 0) is 36.5 Å². The number of rotatable bonds is 4. The van der Waals surface area contributed by atoms with Crippen molar-refractivity contribution >= 4 is 5.91 Å². The van der Waals surface area contributed by atoms with E-state index in [1.54, 1.807) is 31.1 Å². The highest BCUT2D eigenvalue weighted by Crippen LogP contribution is 2.36. The number of carbonyl (C=O) groups is 1. The summed E-state index contributed by atoms with van der Waals surface area (Å²) < 4.78 is 13.1. The molecule has 3 nitrogen and oxygen atoms in total. The number of carbonyl (C=O) groups excluding carboxylic acids is 1. The van der Waals surface area contributed by atoms with Crippen molar-refractivity contribution in [2.75, 3.05) is 20.6 Å². The van der Waals surface area contributed by atoms with Crippen LogP contribution in [0.3, 0.4) is 0 Å². The molecule has 0 aliphatic heterocycles. The molecule has 98 valence electrons. The number of nitrogens with zero attached hydrogens (tertiary/aromatic N) is 1. The molecule has 1 aliphatic carbocycles. The molecule has 1 N–H and O–H groups in total.